The summed E-state index contributed by atoms with van der Waals surface area (Å²) in [5.74, 6) is -0.581. The summed E-state index contributed by atoms with van der Waals surface area (Å²) >= 11 is 0. The molecule has 0 unspecified atom stereocenters. The SMILES string of the molecule is CCN(c1ccc(C(=O)Nc2ccc(N(C)C)cc2C(F)(F)F)cc1)C(C)C. The van der Waals surface area contributed by atoms with Gasteiger partial charge in [0.2, 0.25) is 0 Å². The van der Waals surface area contributed by atoms with E-state index in [1.54, 1.807) is 43.3 Å². The third kappa shape index (κ3) is 4.97. The van der Waals surface area contributed by atoms with Crippen LogP contribution in [0.1, 0.15) is 36.7 Å². The van der Waals surface area contributed by atoms with Gasteiger partial charge in [-0.25, -0.2) is 0 Å². The van der Waals surface area contributed by atoms with Gasteiger partial charge in [0.25, 0.3) is 5.91 Å². The fourth-order valence-corrected chi connectivity index (χ4v) is 3.00. The first-order chi connectivity index (χ1) is 13.0. The molecular weight excluding hydrogens is 367 g/mol. The predicted molar refractivity (Wildman–Crippen MR) is 108 cm³/mol. The van der Waals surface area contributed by atoms with Crippen molar-refractivity contribution in [3.05, 3.63) is 53.6 Å². The van der Waals surface area contributed by atoms with E-state index in [2.05, 4.69) is 24.1 Å². The number of carbonyl (C=O) groups excluding carboxylic acids is 1. The lowest BCUT2D eigenvalue weighted by atomic mass is 10.1. The van der Waals surface area contributed by atoms with Crippen LogP contribution < -0.4 is 15.1 Å². The predicted octanol–water partition coefficient (Wildman–Crippen LogP) is 5.26. The molecule has 1 N–H and O–H groups in total. The smallest absolute Gasteiger partial charge is 0.378 e. The molecule has 0 spiro atoms. The summed E-state index contributed by atoms with van der Waals surface area (Å²) < 4.78 is 40.3. The highest BCUT2D eigenvalue weighted by molar-refractivity contribution is 6.05. The lowest BCUT2D eigenvalue weighted by molar-refractivity contribution is -0.136. The maximum absolute atomic E-state index is 13.4. The summed E-state index contributed by atoms with van der Waals surface area (Å²) in [6.45, 7) is 6.99. The van der Waals surface area contributed by atoms with Crippen LogP contribution in [0.3, 0.4) is 0 Å². The number of benzene rings is 2. The Morgan fingerprint density at radius 3 is 2.07 bits per heavy atom. The standard InChI is InChI=1S/C21H26F3N3O/c1-6-27(14(2)3)16-9-7-15(8-10-16)20(28)25-19-12-11-17(26(4)5)13-18(19)21(22,23)24/h7-14H,6H2,1-5H3,(H,25,28). The minimum absolute atomic E-state index is 0.260. The number of amides is 1. The maximum Gasteiger partial charge on any atom is 0.418 e. The molecule has 0 saturated heterocycles. The number of hydrogen-bond donors (Lipinski definition) is 1. The van der Waals surface area contributed by atoms with Gasteiger partial charge in [0.15, 0.2) is 0 Å². The molecule has 4 nitrogen and oxygen atoms in total. The highest BCUT2D eigenvalue weighted by Crippen LogP contribution is 2.37. The van der Waals surface area contributed by atoms with Crippen molar-refractivity contribution in [2.75, 3.05) is 35.8 Å². The molecule has 0 radical (unpaired) electrons. The summed E-state index contributed by atoms with van der Waals surface area (Å²) in [6, 6.07) is 11.0. The Hall–Kier alpha value is -2.70. The Balaban J connectivity index is 2.27. The first-order valence-corrected chi connectivity index (χ1v) is 9.11. The molecule has 1 amide bonds. The first-order valence-electron chi connectivity index (χ1n) is 9.11. The molecule has 0 bridgehead atoms. The van der Waals surface area contributed by atoms with E-state index in [0.29, 0.717) is 17.3 Å². The Morgan fingerprint density at radius 1 is 1.04 bits per heavy atom. The molecule has 0 heterocycles. The molecule has 28 heavy (non-hydrogen) atoms. The van der Waals surface area contributed by atoms with Crippen molar-refractivity contribution in [3.63, 3.8) is 0 Å². The van der Waals surface area contributed by atoms with Gasteiger partial charge in [-0.15, -0.1) is 0 Å². The van der Waals surface area contributed by atoms with Crippen LogP contribution in [0.2, 0.25) is 0 Å². The molecule has 0 saturated carbocycles. The normalized spacial score (nSPS) is 11.5. The molecule has 2 rings (SSSR count). The zero-order chi connectivity index (χ0) is 21.1. The number of carbonyl (C=O) groups is 1. The highest BCUT2D eigenvalue weighted by Gasteiger charge is 2.34. The zero-order valence-corrected chi connectivity index (χ0v) is 16.8. The lowest BCUT2D eigenvalue weighted by Gasteiger charge is -2.27. The van der Waals surface area contributed by atoms with Crippen molar-refractivity contribution in [1.29, 1.82) is 0 Å². The fourth-order valence-electron chi connectivity index (χ4n) is 3.00. The van der Waals surface area contributed by atoms with Crippen LogP contribution in [-0.4, -0.2) is 32.6 Å². The lowest BCUT2D eigenvalue weighted by Crippen LogP contribution is -2.30. The molecule has 0 aliphatic carbocycles. The average Bonchev–Trinajstić information content (AvgIpc) is 2.61. The van der Waals surface area contributed by atoms with Gasteiger partial charge in [-0.1, -0.05) is 0 Å². The summed E-state index contributed by atoms with van der Waals surface area (Å²) in [7, 11) is 3.32. The van der Waals surface area contributed by atoms with E-state index in [9.17, 15) is 18.0 Å². The largest absolute Gasteiger partial charge is 0.418 e. The number of nitrogens with one attached hydrogen (secondary N) is 1. The average molecular weight is 393 g/mol. The van der Waals surface area contributed by atoms with Gasteiger partial charge < -0.3 is 15.1 Å². The molecule has 0 atom stereocenters. The Labute approximate surface area is 164 Å². The number of alkyl halides is 3. The van der Waals surface area contributed by atoms with Crippen LogP contribution >= 0.6 is 0 Å². The molecular formula is C21H26F3N3O. The first kappa shape index (κ1) is 21.6. The second-order valence-electron chi connectivity index (χ2n) is 7.00. The minimum atomic E-state index is -4.57. The van der Waals surface area contributed by atoms with Gasteiger partial charge in [-0.05, 0) is 63.2 Å². The molecule has 2 aromatic rings. The van der Waals surface area contributed by atoms with Crippen molar-refractivity contribution in [2.24, 2.45) is 0 Å². The van der Waals surface area contributed by atoms with E-state index in [0.717, 1.165) is 18.3 Å². The zero-order valence-electron chi connectivity index (χ0n) is 16.8. The quantitative estimate of drug-likeness (QED) is 0.727. The Morgan fingerprint density at radius 2 is 1.61 bits per heavy atom. The second-order valence-corrected chi connectivity index (χ2v) is 7.00. The van der Waals surface area contributed by atoms with E-state index >= 15 is 0 Å². The summed E-state index contributed by atoms with van der Waals surface area (Å²) in [5, 5.41) is 2.39. The summed E-state index contributed by atoms with van der Waals surface area (Å²) in [6.07, 6.45) is -4.57. The van der Waals surface area contributed by atoms with Crippen LogP contribution in [0.5, 0.6) is 0 Å². The van der Waals surface area contributed by atoms with Gasteiger partial charge in [-0.3, -0.25) is 4.79 Å². The van der Waals surface area contributed by atoms with Gasteiger partial charge >= 0.3 is 6.18 Å². The van der Waals surface area contributed by atoms with Crippen molar-refractivity contribution >= 4 is 23.0 Å². The van der Waals surface area contributed by atoms with Gasteiger partial charge in [0.05, 0.1) is 11.3 Å². The van der Waals surface area contributed by atoms with Crippen molar-refractivity contribution in [3.8, 4) is 0 Å². The van der Waals surface area contributed by atoms with Crippen LogP contribution in [-0.2, 0) is 6.18 Å². The topological polar surface area (TPSA) is 35.6 Å². The van der Waals surface area contributed by atoms with Crippen molar-refractivity contribution < 1.29 is 18.0 Å². The van der Waals surface area contributed by atoms with Crippen LogP contribution in [0, 0.1) is 0 Å². The van der Waals surface area contributed by atoms with Crippen LogP contribution in [0.15, 0.2) is 42.5 Å². The molecule has 152 valence electrons. The number of halogens is 3. The fraction of sp³-hybridized carbons (Fsp3) is 0.381. The molecule has 0 fully saturated rings. The second kappa shape index (κ2) is 8.54. The van der Waals surface area contributed by atoms with Crippen molar-refractivity contribution in [1.82, 2.24) is 0 Å². The van der Waals surface area contributed by atoms with Gasteiger partial charge in [0.1, 0.15) is 0 Å². The Bertz CT molecular complexity index is 815. The number of rotatable bonds is 6. The van der Waals surface area contributed by atoms with E-state index in [1.165, 1.54) is 12.1 Å². The molecule has 2 aromatic carbocycles. The molecule has 0 aromatic heterocycles. The third-order valence-corrected chi connectivity index (χ3v) is 4.50. The number of nitrogens with zero attached hydrogens (tertiary/aromatic N) is 2. The van der Waals surface area contributed by atoms with Crippen LogP contribution in [0.4, 0.5) is 30.2 Å². The monoisotopic (exact) mass is 393 g/mol. The third-order valence-electron chi connectivity index (χ3n) is 4.50. The summed E-state index contributed by atoms with van der Waals surface area (Å²) in [5.41, 5.74) is 0.530. The van der Waals surface area contributed by atoms with E-state index < -0.39 is 17.6 Å². The van der Waals surface area contributed by atoms with E-state index in [4.69, 9.17) is 0 Å². The van der Waals surface area contributed by atoms with Gasteiger partial charge in [0, 0.05) is 43.6 Å². The molecule has 0 aliphatic rings. The highest BCUT2D eigenvalue weighted by atomic mass is 19.4. The van der Waals surface area contributed by atoms with Crippen molar-refractivity contribution in [2.45, 2.75) is 33.0 Å². The minimum Gasteiger partial charge on any atom is -0.378 e. The molecule has 7 heteroatoms. The van der Waals surface area contributed by atoms with E-state index in [-0.39, 0.29) is 5.69 Å². The Kier molecular flexibility index (Phi) is 6.59. The number of anilines is 3. The molecule has 0 aliphatic heterocycles. The van der Waals surface area contributed by atoms with Gasteiger partial charge in [-0.2, -0.15) is 13.2 Å². The maximum atomic E-state index is 13.4. The van der Waals surface area contributed by atoms with E-state index in [1.807, 2.05) is 6.92 Å². The number of hydrogen-bond acceptors (Lipinski definition) is 3. The van der Waals surface area contributed by atoms with Crippen LogP contribution in [0.25, 0.3) is 0 Å². The summed E-state index contributed by atoms with van der Waals surface area (Å²) in [4.78, 5) is 16.2.